The molecular weight excluding hydrogens is 230 g/mol. The van der Waals surface area contributed by atoms with E-state index in [0.29, 0.717) is 30.5 Å². The van der Waals surface area contributed by atoms with Crippen molar-refractivity contribution in [1.29, 1.82) is 0 Å². The first kappa shape index (κ1) is 11.2. The summed E-state index contributed by atoms with van der Waals surface area (Å²) in [6.07, 6.45) is 0.913. The lowest BCUT2D eigenvalue weighted by Crippen LogP contribution is -2.20. The van der Waals surface area contributed by atoms with Gasteiger partial charge in [-0.25, -0.2) is 0 Å². The Balaban J connectivity index is 2.02. The van der Waals surface area contributed by atoms with E-state index >= 15 is 0 Å². The van der Waals surface area contributed by atoms with E-state index in [2.05, 4.69) is 4.99 Å². The van der Waals surface area contributed by atoms with Gasteiger partial charge >= 0.3 is 0 Å². The lowest BCUT2D eigenvalue weighted by atomic mass is 10.00. The van der Waals surface area contributed by atoms with Gasteiger partial charge in [-0.3, -0.25) is 9.79 Å². The Labute approximate surface area is 105 Å². The molecule has 0 bridgehead atoms. The number of hydrogen-bond acceptors (Lipinski definition) is 4. The smallest absolute Gasteiger partial charge is 0.248 e. The molecule has 1 aromatic carbocycles. The van der Waals surface area contributed by atoms with Crippen molar-refractivity contribution in [2.75, 3.05) is 13.2 Å². The van der Waals surface area contributed by atoms with Gasteiger partial charge in [0.05, 0.1) is 12.1 Å². The minimum Gasteiger partial charge on any atom is -0.386 e. The highest BCUT2D eigenvalue weighted by atomic mass is 16.5. The number of amides is 1. The summed E-state index contributed by atoms with van der Waals surface area (Å²) in [6, 6.07) is 7.32. The van der Waals surface area contributed by atoms with Crippen LogP contribution in [-0.2, 0) is 10.3 Å². The summed E-state index contributed by atoms with van der Waals surface area (Å²) < 4.78 is 5.44. The van der Waals surface area contributed by atoms with E-state index in [1.54, 1.807) is 6.07 Å². The van der Waals surface area contributed by atoms with Crippen LogP contribution in [0.3, 0.4) is 0 Å². The number of nitrogens with two attached hydrogens (primary N) is 2. The molecular formula is C13H15N3O2. The van der Waals surface area contributed by atoms with Crippen molar-refractivity contribution < 1.29 is 9.53 Å². The van der Waals surface area contributed by atoms with Gasteiger partial charge in [0.2, 0.25) is 5.91 Å². The van der Waals surface area contributed by atoms with Gasteiger partial charge in [0.1, 0.15) is 12.4 Å². The molecule has 4 N–H and O–H groups in total. The highest BCUT2D eigenvalue weighted by Crippen LogP contribution is 2.56. The molecule has 18 heavy (non-hydrogen) atoms. The van der Waals surface area contributed by atoms with Gasteiger partial charge in [-0.2, -0.15) is 0 Å². The Morgan fingerprint density at radius 1 is 1.50 bits per heavy atom. The lowest BCUT2D eigenvalue weighted by molar-refractivity contribution is 0.1000. The summed E-state index contributed by atoms with van der Waals surface area (Å²) in [5.41, 5.74) is 12.3. The minimum absolute atomic E-state index is 0.300. The average Bonchev–Trinajstić information content (AvgIpc) is 3.04. The zero-order valence-corrected chi connectivity index (χ0v) is 9.93. The molecule has 94 valence electrons. The number of hydrogen-bond donors (Lipinski definition) is 2. The van der Waals surface area contributed by atoms with Gasteiger partial charge in [-0.1, -0.05) is 12.1 Å². The van der Waals surface area contributed by atoms with Crippen molar-refractivity contribution in [3.05, 3.63) is 35.4 Å². The summed E-state index contributed by atoms with van der Waals surface area (Å²) >= 11 is 0. The van der Waals surface area contributed by atoms with Crippen molar-refractivity contribution in [2.24, 2.45) is 22.4 Å². The Morgan fingerprint density at radius 3 is 3.11 bits per heavy atom. The second kappa shape index (κ2) is 3.81. The first-order chi connectivity index (χ1) is 8.62. The van der Waals surface area contributed by atoms with Crippen LogP contribution in [0, 0.1) is 5.92 Å². The third-order valence-corrected chi connectivity index (χ3v) is 3.63. The molecule has 1 heterocycles. The molecule has 0 saturated heterocycles. The third-order valence-electron chi connectivity index (χ3n) is 3.63. The van der Waals surface area contributed by atoms with E-state index in [1.165, 1.54) is 0 Å². The molecule has 1 saturated carbocycles. The molecule has 5 nitrogen and oxygen atoms in total. The van der Waals surface area contributed by atoms with E-state index in [9.17, 15) is 4.79 Å². The van der Waals surface area contributed by atoms with Crippen LogP contribution in [-0.4, -0.2) is 25.0 Å². The van der Waals surface area contributed by atoms with Crippen LogP contribution in [0.1, 0.15) is 22.3 Å². The predicted octanol–water partition coefficient (Wildman–Crippen LogP) is 0.388. The molecule has 1 unspecified atom stereocenters. The van der Waals surface area contributed by atoms with Crippen molar-refractivity contribution in [3.63, 3.8) is 0 Å². The third kappa shape index (κ3) is 1.67. The van der Waals surface area contributed by atoms with Crippen LogP contribution in [0.5, 0.6) is 0 Å². The van der Waals surface area contributed by atoms with Crippen molar-refractivity contribution in [3.8, 4) is 0 Å². The Kier molecular flexibility index (Phi) is 2.38. The zero-order chi connectivity index (χ0) is 12.8. The number of primary amides is 1. The fraction of sp³-hybridized carbons (Fsp3) is 0.385. The van der Waals surface area contributed by atoms with Crippen molar-refractivity contribution in [2.45, 2.75) is 12.0 Å². The Morgan fingerprint density at radius 2 is 2.33 bits per heavy atom. The number of rotatable bonds is 2. The topological polar surface area (TPSA) is 90.7 Å². The highest BCUT2D eigenvalue weighted by Gasteiger charge is 2.56. The van der Waals surface area contributed by atoms with Crippen LogP contribution in [0.15, 0.2) is 29.3 Å². The van der Waals surface area contributed by atoms with E-state index in [0.717, 1.165) is 12.0 Å². The predicted molar refractivity (Wildman–Crippen MR) is 67.2 cm³/mol. The van der Waals surface area contributed by atoms with E-state index in [4.69, 9.17) is 16.2 Å². The molecule has 1 fully saturated rings. The van der Waals surface area contributed by atoms with Crippen LogP contribution in [0.4, 0.5) is 0 Å². The second-order valence-corrected chi connectivity index (χ2v) is 4.89. The fourth-order valence-corrected chi connectivity index (χ4v) is 2.60. The first-order valence-electron chi connectivity index (χ1n) is 5.94. The molecule has 2 atom stereocenters. The SMILES string of the molecule is NC(=O)c1cccc([C@@]23CC2COCC(N)=N3)c1. The van der Waals surface area contributed by atoms with Gasteiger partial charge in [0, 0.05) is 11.5 Å². The monoisotopic (exact) mass is 245 g/mol. The van der Waals surface area contributed by atoms with Gasteiger partial charge < -0.3 is 16.2 Å². The number of benzene rings is 1. The maximum atomic E-state index is 11.2. The molecule has 1 amide bonds. The standard InChI is InChI=1S/C13H15N3O2/c14-11-7-18-6-10-5-13(10,16-11)9-3-1-2-8(4-9)12(15)17/h1-4,10H,5-7H2,(H2,14,16)(H2,15,17)/t10?,13-/m0/s1. The van der Waals surface area contributed by atoms with Crippen molar-refractivity contribution >= 4 is 11.7 Å². The summed E-state index contributed by atoms with van der Waals surface area (Å²) in [7, 11) is 0. The number of carbonyl (C=O) groups is 1. The molecule has 3 rings (SSSR count). The van der Waals surface area contributed by atoms with Crippen LogP contribution >= 0.6 is 0 Å². The zero-order valence-electron chi connectivity index (χ0n) is 9.93. The Hall–Kier alpha value is -1.88. The molecule has 1 aliphatic carbocycles. The fourth-order valence-electron chi connectivity index (χ4n) is 2.60. The number of aliphatic imine (C=N–C) groups is 1. The number of amidine groups is 1. The molecule has 1 aromatic rings. The van der Waals surface area contributed by atoms with Gasteiger partial charge in [-0.15, -0.1) is 0 Å². The number of ether oxygens (including phenoxy) is 1. The van der Waals surface area contributed by atoms with Gasteiger partial charge in [-0.05, 0) is 24.1 Å². The summed E-state index contributed by atoms with van der Waals surface area (Å²) in [4.78, 5) is 15.8. The number of carbonyl (C=O) groups excluding carboxylic acids is 1. The van der Waals surface area contributed by atoms with Gasteiger partial charge in [0.25, 0.3) is 0 Å². The number of nitrogens with zero attached hydrogens (tertiary/aromatic N) is 1. The van der Waals surface area contributed by atoms with Crippen LogP contribution < -0.4 is 11.5 Å². The van der Waals surface area contributed by atoms with E-state index < -0.39 is 5.91 Å². The largest absolute Gasteiger partial charge is 0.386 e. The highest BCUT2D eigenvalue weighted by molar-refractivity contribution is 5.93. The van der Waals surface area contributed by atoms with E-state index in [1.807, 2.05) is 18.2 Å². The number of fused-ring (bicyclic) bond motifs is 1. The average molecular weight is 245 g/mol. The summed E-state index contributed by atoms with van der Waals surface area (Å²) in [5.74, 6) is 0.438. The quantitative estimate of drug-likeness (QED) is 0.789. The lowest BCUT2D eigenvalue weighted by Gasteiger charge is -2.13. The van der Waals surface area contributed by atoms with Crippen molar-refractivity contribution in [1.82, 2.24) is 0 Å². The van der Waals surface area contributed by atoms with Crippen LogP contribution in [0.2, 0.25) is 0 Å². The molecule has 1 aliphatic heterocycles. The van der Waals surface area contributed by atoms with E-state index in [-0.39, 0.29) is 5.54 Å². The Bertz CT molecular complexity index is 541. The minimum atomic E-state index is -0.424. The molecule has 5 heteroatoms. The maximum Gasteiger partial charge on any atom is 0.248 e. The molecule has 0 radical (unpaired) electrons. The van der Waals surface area contributed by atoms with Crippen LogP contribution in [0.25, 0.3) is 0 Å². The molecule has 0 spiro atoms. The van der Waals surface area contributed by atoms with Gasteiger partial charge in [0.15, 0.2) is 0 Å². The first-order valence-corrected chi connectivity index (χ1v) is 5.94. The molecule has 0 aromatic heterocycles. The summed E-state index contributed by atoms with van der Waals surface area (Å²) in [5, 5.41) is 0. The summed E-state index contributed by atoms with van der Waals surface area (Å²) in [6.45, 7) is 1.04. The maximum absolute atomic E-state index is 11.2. The normalized spacial score (nSPS) is 30.0. The second-order valence-electron chi connectivity index (χ2n) is 4.89. The molecule has 2 aliphatic rings.